The van der Waals surface area contributed by atoms with Gasteiger partial charge in [-0.1, -0.05) is 18.2 Å². The Hall–Kier alpha value is -1.31. The van der Waals surface area contributed by atoms with Crippen molar-refractivity contribution in [1.82, 2.24) is 5.32 Å². The predicted octanol–water partition coefficient (Wildman–Crippen LogP) is 1.03. The molecular weight excluding hydrogens is 126 g/mol. The van der Waals surface area contributed by atoms with Crippen LogP contribution in [-0.2, 0) is 4.79 Å². The topological polar surface area (TPSA) is 29.1 Å². The molecule has 10 heavy (non-hydrogen) atoms. The lowest BCUT2D eigenvalue weighted by Crippen LogP contribution is -1.89. The van der Waals surface area contributed by atoms with Crippen molar-refractivity contribution in [3.63, 3.8) is 0 Å². The molecule has 0 unspecified atom stereocenters. The highest BCUT2D eigenvalue weighted by Crippen LogP contribution is 1.76. The Balaban J connectivity index is 3.46. The molecule has 0 aliphatic carbocycles. The quantitative estimate of drug-likeness (QED) is 0.356. The Morgan fingerprint density at radius 2 is 1.60 bits per heavy atom. The zero-order valence-corrected chi connectivity index (χ0v) is 5.95. The second kappa shape index (κ2) is 7.69. The summed E-state index contributed by atoms with van der Waals surface area (Å²) in [5.41, 5.74) is 0. The number of nitrogens with one attached hydrogen (secondary N) is 1. The molecule has 0 atom stereocenters. The van der Waals surface area contributed by atoms with Gasteiger partial charge >= 0.3 is 0 Å². The van der Waals surface area contributed by atoms with Crippen molar-refractivity contribution in [3.8, 4) is 0 Å². The van der Waals surface area contributed by atoms with E-state index in [1.165, 1.54) is 6.08 Å². The van der Waals surface area contributed by atoms with Gasteiger partial charge in [-0.25, -0.2) is 0 Å². The number of allylic oxidation sites excluding steroid dienone is 5. The van der Waals surface area contributed by atoms with E-state index >= 15 is 0 Å². The Morgan fingerprint density at radius 3 is 2.20 bits per heavy atom. The van der Waals surface area contributed by atoms with Gasteiger partial charge < -0.3 is 5.32 Å². The van der Waals surface area contributed by atoms with Gasteiger partial charge in [-0.15, -0.1) is 0 Å². The van der Waals surface area contributed by atoms with E-state index in [0.717, 1.165) is 6.29 Å². The van der Waals surface area contributed by atoms with Crippen molar-refractivity contribution in [3.05, 3.63) is 36.6 Å². The summed E-state index contributed by atoms with van der Waals surface area (Å²) in [6, 6.07) is 0. The van der Waals surface area contributed by atoms with Gasteiger partial charge in [-0.3, -0.25) is 4.79 Å². The molecule has 1 N–H and O–H groups in total. The fourth-order valence-electron chi connectivity index (χ4n) is 0.390. The lowest BCUT2D eigenvalue weighted by atomic mass is 10.4. The molecule has 0 aromatic rings. The monoisotopic (exact) mass is 137 g/mol. The molecule has 0 heterocycles. The van der Waals surface area contributed by atoms with Crippen molar-refractivity contribution in [1.29, 1.82) is 0 Å². The van der Waals surface area contributed by atoms with Crippen LogP contribution in [0.5, 0.6) is 0 Å². The number of carbonyl (C=O) groups excluding carboxylic acids is 1. The van der Waals surface area contributed by atoms with Crippen LogP contribution in [0.25, 0.3) is 0 Å². The summed E-state index contributed by atoms with van der Waals surface area (Å²) in [5, 5.41) is 2.83. The molecule has 0 amide bonds. The zero-order chi connectivity index (χ0) is 7.66. The smallest absolute Gasteiger partial charge is 0.142 e. The number of hydrogen-bond donors (Lipinski definition) is 1. The average molecular weight is 137 g/mol. The van der Waals surface area contributed by atoms with Crippen LogP contribution >= 0.6 is 0 Å². The van der Waals surface area contributed by atoms with Crippen LogP contribution in [0, 0.1) is 0 Å². The molecule has 54 valence electrons. The Labute approximate surface area is 60.9 Å². The Kier molecular flexibility index (Phi) is 6.68. The van der Waals surface area contributed by atoms with Crippen molar-refractivity contribution >= 4 is 6.29 Å². The van der Waals surface area contributed by atoms with E-state index < -0.39 is 0 Å². The minimum Gasteiger partial charge on any atom is -0.394 e. The molecule has 0 rings (SSSR count). The molecule has 0 aromatic heterocycles. The van der Waals surface area contributed by atoms with E-state index in [9.17, 15) is 4.79 Å². The van der Waals surface area contributed by atoms with Crippen LogP contribution in [0.15, 0.2) is 36.6 Å². The zero-order valence-electron chi connectivity index (χ0n) is 5.95. The molecule has 0 aliphatic heterocycles. The van der Waals surface area contributed by atoms with Gasteiger partial charge in [0.25, 0.3) is 0 Å². The van der Waals surface area contributed by atoms with Crippen molar-refractivity contribution < 1.29 is 4.79 Å². The molecule has 0 bridgehead atoms. The molecule has 0 aliphatic rings. The number of rotatable bonds is 4. The fourth-order valence-corrected chi connectivity index (χ4v) is 0.390. The minimum absolute atomic E-state index is 0.742. The molecule has 0 spiro atoms. The lowest BCUT2D eigenvalue weighted by Gasteiger charge is -1.78. The van der Waals surface area contributed by atoms with Crippen LogP contribution < -0.4 is 5.32 Å². The van der Waals surface area contributed by atoms with E-state index in [1.807, 2.05) is 19.2 Å². The molecule has 2 heteroatoms. The maximum atomic E-state index is 9.74. The van der Waals surface area contributed by atoms with E-state index in [1.54, 1.807) is 18.4 Å². The minimum atomic E-state index is 0.742. The highest BCUT2D eigenvalue weighted by molar-refractivity contribution is 5.65. The van der Waals surface area contributed by atoms with Gasteiger partial charge in [0.1, 0.15) is 6.29 Å². The van der Waals surface area contributed by atoms with Crippen molar-refractivity contribution in [2.75, 3.05) is 7.05 Å². The van der Waals surface area contributed by atoms with E-state index in [4.69, 9.17) is 0 Å². The highest BCUT2D eigenvalue weighted by atomic mass is 16.1. The summed E-state index contributed by atoms with van der Waals surface area (Å²) in [6.45, 7) is 0. The summed E-state index contributed by atoms with van der Waals surface area (Å²) < 4.78 is 0. The second-order valence-electron chi connectivity index (χ2n) is 1.55. The molecule has 0 saturated heterocycles. The molecular formula is C8H11NO. The van der Waals surface area contributed by atoms with Gasteiger partial charge in [0, 0.05) is 7.05 Å². The normalized spacial score (nSPS) is 11.7. The SMILES string of the molecule is CNC=CC=CC=CC=O. The summed E-state index contributed by atoms with van der Waals surface area (Å²) in [7, 11) is 1.82. The van der Waals surface area contributed by atoms with E-state index in [-0.39, 0.29) is 0 Å². The van der Waals surface area contributed by atoms with E-state index in [0.29, 0.717) is 0 Å². The van der Waals surface area contributed by atoms with E-state index in [2.05, 4.69) is 5.32 Å². The average Bonchev–Trinajstić information content (AvgIpc) is 1.97. The third-order valence-electron chi connectivity index (χ3n) is 0.786. The first-order valence-electron chi connectivity index (χ1n) is 3.02. The number of aldehydes is 1. The van der Waals surface area contributed by atoms with Gasteiger partial charge in [0.05, 0.1) is 0 Å². The van der Waals surface area contributed by atoms with Gasteiger partial charge in [0.2, 0.25) is 0 Å². The van der Waals surface area contributed by atoms with Gasteiger partial charge in [0.15, 0.2) is 0 Å². The van der Waals surface area contributed by atoms with Crippen LogP contribution in [0.4, 0.5) is 0 Å². The van der Waals surface area contributed by atoms with Gasteiger partial charge in [-0.05, 0) is 18.4 Å². The summed E-state index contributed by atoms with van der Waals surface area (Å²) >= 11 is 0. The maximum Gasteiger partial charge on any atom is 0.142 e. The summed E-state index contributed by atoms with van der Waals surface area (Å²) in [4.78, 5) is 9.74. The van der Waals surface area contributed by atoms with Crippen molar-refractivity contribution in [2.24, 2.45) is 0 Å². The fraction of sp³-hybridized carbons (Fsp3) is 0.125. The first kappa shape index (κ1) is 8.69. The molecule has 2 nitrogen and oxygen atoms in total. The summed E-state index contributed by atoms with van der Waals surface area (Å²) in [6.07, 6.45) is 11.1. The third-order valence-corrected chi connectivity index (χ3v) is 0.786. The maximum absolute atomic E-state index is 9.74. The standard InChI is InChI=1S/C8H11NO/c1-9-7-5-3-2-4-6-8-10/h2-9H,1H3. The molecule has 0 radical (unpaired) electrons. The number of hydrogen-bond acceptors (Lipinski definition) is 2. The Morgan fingerprint density at radius 1 is 1.00 bits per heavy atom. The number of carbonyl (C=O) groups is 1. The Bertz CT molecular complexity index is 157. The van der Waals surface area contributed by atoms with Crippen molar-refractivity contribution in [2.45, 2.75) is 0 Å². The van der Waals surface area contributed by atoms with Crippen LogP contribution in [-0.4, -0.2) is 13.3 Å². The highest BCUT2D eigenvalue weighted by Gasteiger charge is 1.61. The second-order valence-corrected chi connectivity index (χ2v) is 1.55. The molecule has 0 aromatic carbocycles. The van der Waals surface area contributed by atoms with Gasteiger partial charge in [-0.2, -0.15) is 0 Å². The molecule has 0 fully saturated rings. The largest absolute Gasteiger partial charge is 0.394 e. The van der Waals surface area contributed by atoms with Crippen LogP contribution in [0.3, 0.4) is 0 Å². The first-order chi connectivity index (χ1) is 4.91. The predicted molar refractivity (Wildman–Crippen MR) is 42.5 cm³/mol. The van der Waals surface area contributed by atoms with Crippen LogP contribution in [0.2, 0.25) is 0 Å². The molecule has 0 saturated carbocycles. The van der Waals surface area contributed by atoms with Crippen LogP contribution in [0.1, 0.15) is 0 Å². The lowest BCUT2D eigenvalue weighted by molar-refractivity contribution is -0.104. The first-order valence-corrected chi connectivity index (χ1v) is 3.02. The summed E-state index contributed by atoms with van der Waals surface area (Å²) in [5.74, 6) is 0. The third kappa shape index (κ3) is 6.69.